The second-order valence-electron chi connectivity index (χ2n) is 0. The van der Waals surface area contributed by atoms with Gasteiger partial charge >= 0.3 is 0 Å². The Balaban J connectivity index is -0.00000000500. The van der Waals surface area contributed by atoms with Gasteiger partial charge in [-0.1, -0.05) is 6.55 Å². The molecule has 0 aromatic carbocycles. The smallest absolute Gasteiger partial charge is 0 e. The van der Waals surface area contributed by atoms with Crippen LogP contribution in [0.1, 0.15) is 0 Å². The molecule has 0 nitrogen and oxygen atoms in total. The third-order valence-electron chi connectivity index (χ3n) is 0. The largest absolute Gasteiger partial charge is 0.0777 e. The Labute approximate surface area is 55.5 Å². The predicted octanol–water partition coefficient (Wildman–Crippen LogP) is -0.605. The first kappa shape index (κ1) is 18.0. The van der Waals surface area contributed by atoms with Crippen molar-refractivity contribution >= 4 is 10.2 Å². The van der Waals surface area contributed by atoms with E-state index in [1.54, 1.807) is 0 Å². The van der Waals surface area contributed by atoms with E-state index in [0.29, 0.717) is 0 Å². The quantitative estimate of drug-likeness (QED) is 0.412. The maximum absolute atomic E-state index is 2.14. The molecule has 0 aromatic heterocycles. The number of rotatable bonds is 0. The molecule has 0 spiro atoms. The average Bonchev–Trinajstić information content (AvgIpc) is 1.00. The minimum absolute atomic E-state index is 0. The van der Waals surface area contributed by atoms with Crippen molar-refractivity contribution in [1.29, 1.82) is 0 Å². The summed E-state index contributed by atoms with van der Waals surface area (Å²) < 4.78 is 0. The Bertz CT molecular complexity index is 8.00. The summed E-state index contributed by atoms with van der Waals surface area (Å²) in [6.45, 7) is 2.14. The van der Waals surface area contributed by atoms with Gasteiger partial charge in [-0.15, -0.1) is 0 Å². The zero-order valence-corrected chi connectivity index (χ0v) is 7.30. The van der Waals surface area contributed by atoms with E-state index in [2.05, 4.69) is 6.55 Å². The summed E-state index contributed by atoms with van der Waals surface area (Å²) in [7, 11) is 1.31. The van der Waals surface area contributed by atoms with Gasteiger partial charge in [0.15, 0.2) is 0 Å². The topological polar surface area (TPSA) is 0 Å². The minimum Gasteiger partial charge on any atom is -0.0777 e. The fraction of sp³-hybridized carbons (Fsp3) is 1.00. The molecule has 0 bridgehead atoms. The van der Waals surface area contributed by atoms with Crippen molar-refractivity contribution < 1.29 is 38.8 Å². The third kappa shape index (κ3) is 9.85. The van der Waals surface area contributed by atoms with Crippen molar-refractivity contribution in [3.63, 3.8) is 0 Å². The molecule has 0 amide bonds. The van der Waals surface area contributed by atoms with Crippen LogP contribution < -0.4 is 0 Å². The van der Waals surface area contributed by atoms with Crippen LogP contribution in [0.15, 0.2) is 0 Å². The van der Waals surface area contributed by atoms with Crippen LogP contribution in [0.2, 0.25) is 6.55 Å². The Hall–Kier alpha value is 1.45. The van der Waals surface area contributed by atoms with Gasteiger partial charge in [-0.05, 0) is 10.2 Å². The average molecular weight is 158 g/mol. The number of hydrogen-bond acceptors (Lipinski definition) is 0. The zero-order chi connectivity index (χ0) is 2.00. The first-order chi connectivity index (χ1) is 1.00. The van der Waals surface area contributed by atoms with Crippen molar-refractivity contribution in [2.24, 2.45) is 0 Å². The van der Waals surface area contributed by atoms with Gasteiger partial charge in [-0.25, -0.2) is 0 Å². The normalized spacial score (nSPS) is 2.25. The third-order valence-corrected chi connectivity index (χ3v) is 0. The van der Waals surface area contributed by atoms with Gasteiger partial charge in [0.1, 0.15) is 0 Å². The minimum atomic E-state index is 0. The van der Waals surface area contributed by atoms with Crippen molar-refractivity contribution in [1.82, 2.24) is 0 Å². The van der Waals surface area contributed by atoms with E-state index >= 15 is 0 Å². The van der Waals surface area contributed by atoms with Gasteiger partial charge in [0.05, 0.1) is 0 Å². The molecule has 0 aliphatic heterocycles. The monoisotopic (exact) mass is 157 g/mol. The molecule has 29 valence electrons. The summed E-state index contributed by atoms with van der Waals surface area (Å²) in [5, 5.41) is 0. The summed E-state index contributed by atoms with van der Waals surface area (Å²) in [4.78, 5) is 0. The Kier molecular flexibility index (Phi) is 113. The van der Waals surface area contributed by atoms with Gasteiger partial charge in [0.2, 0.25) is 0 Å². The van der Waals surface area contributed by atoms with E-state index in [-0.39, 0.29) is 38.8 Å². The van der Waals surface area contributed by atoms with E-state index in [4.69, 9.17) is 0 Å². The summed E-state index contributed by atoms with van der Waals surface area (Å²) in [5.74, 6) is 0. The van der Waals surface area contributed by atoms with Crippen molar-refractivity contribution in [3.8, 4) is 0 Å². The molecule has 0 aromatic rings. The summed E-state index contributed by atoms with van der Waals surface area (Å²) in [6.07, 6.45) is 0. The second kappa shape index (κ2) is 25.2. The maximum atomic E-state index is 2.14. The Morgan fingerprint density at radius 3 is 1.25 bits per heavy atom. The van der Waals surface area contributed by atoms with Gasteiger partial charge in [-0.2, -0.15) is 0 Å². The van der Waals surface area contributed by atoms with Gasteiger partial charge in [0.25, 0.3) is 0 Å². The fourth-order valence-corrected chi connectivity index (χ4v) is 0. The summed E-state index contributed by atoms with van der Waals surface area (Å²) in [5.41, 5.74) is 0. The predicted molar refractivity (Wildman–Crippen MR) is 15.8 cm³/mol. The molecule has 0 N–H and O–H groups in total. The Morgan fingerprint density at radius 1 is 1.25 bits per heavy atom. The molecule has 4 heavy (non-hydrogen) atoms. The van der Waals surface area contributed by atoms with Crippen LogP contribution >= 0.6 is 0 Å². The molecule has 0 unspecified atom stereocenters. The van der Waals surface area contributed by atoms with Crippen molar-refractivity contribution in [2.45, 2.75) is 6.55 Å². The van der Waals surface area contributed by atoms with E-state index in [1.807, 2.05) is 0 Å². The van der Waals surface area contributed by atoms with Crippen molar-refractivity contribution in [2.75, 3.05) is 0 Å². The summed E-state index contributed by atoms with van der Waals surface area (Å²) >= 11 is 0. The van der Waals surface area contributed by atoms with Crippen LogP contribution in [0.5, 0.6) is 0 Å². The molecule has 0 saturated heterocycles. The fourth-order valence-electron chi connectivity index (χ4n) is 0. The zero-order valence-electron chi connectivity index (χ0n) is 2.80. The van der Waals surface area contributed by atoms with E-state index in [1.165, 1.54) is 10.2 Å². The molecule has 1 radical (unpaired) electrons. The molecule has 0 rings (SSSR count). The number of hydrogen-bond donors (Lipinski definition) is 0. The molecule has 0 fully saturated rings. The molecular weight excluding hydrogens is 152 g/mol. The first-order valence-corrected chi connectivity index (χ1v) is 3.00. The van der Waals surface area contributed by atoms with Gasteiger partial charge in [0, 0.05) is 38.8 Å². The van der Waals surface area contributed by atoms with E-state index in [0.717, 1.165) is 0 Å². The SMILES string of the molecule is C[SiH3].[Cu].[Ti]. The first-order valence-electron chi connectivity index (χ1n) is 1.00. The molecule has 3 heteroatoms. The van der Waals surface area contributed by atoms with Crippen LogP contribution in [0.25, 0.3) is 0 Å². The Morgan fingerprint density at radius 2 is 1.25 bits per heavy atom. The molecule has 0 aliphatic rings. The molecule has 0 atom stereocenters. The van der Waals surface area contributed by atoms with Gasteiger partial charge in [-0.3, -0.25) is 0 Å². The van der Waals surface area contributed by atoms with Crippen LogP contribution in [0.3, 0.4) is 0 Å². The van der Waals surface area contributed by atoms with E-state index < -0.39 is 0 Å². The molecule has 0 heterocycles. The van der Waals surface area contributed by atoms with Crippen LogP contribution in [0.4, 0.5) is 0 Å². The van der Waals surface area contributed by atoms with Crippen LogP contribution in [0, 0.1) is 0 Å². The van der Waals surface area contributed by atoms with Crippen LogP contribution in [-0.2, 0) is 38.8 Å². The maximum Gasteiger partial charge on any atom is 0 e. The second-order valence-corrected chi connectivity index (χ2v) is 0. The summed E-state index contributed by atoms with van der Waals surface area (Å²) in [6, 6.07) is 0. The molecular formula is CH6CuSiTi. The van der Waals surface area contributed by atoms with Gasteiger partial charge < -0.3 is 0 Å². The molecule has 0 saturated carbocycles. The standard InChI is InChI=1S/CH6Si.Cu.Ti/c1-2;;/h1-2H3;;. The van der Waals surface area contributed by atoms with Crippen molar-refractivity contribution in [3.05, 3.63) is 0 Å². The van der Waals surface area contributed by atoms with E-state index in [9.17, 15) is 0 Å². The molecule has 0 aliphatic carbocycles. The van der Waals surface area contributed by atoms with Crippen LogP contribution in [-0.4, -0.2) is 10.2 Å².